The Morgan fingerprint density at radius 3 is 1.88 bits per heavy atom. The number of tetrazole rings is 1. The molecule has 1 aliphatic rings. The molecule has 0 spiro atoms. The predicted octanol–water partition coefficient (Wildman–Crippen LogP) is 6.65. The van der Waals surface area contributed by atoms with E-state index in [-0.39, 0.29) is 30.4 Å². The SMILES string of the molecule is CN(C(=O)N(C)C1CN(C(=O)c2ccc(-n3nnnc3C(F)(F)F)cc2)CC1c1ccc(F)cc1)c1cc(C(F)(F)F)cc(C(F)(F)F)c1. The molecule has 2 atom stereocenters. The van der Waals surface area contributed by atoms with E-state index in [9.17, 15) is 53.5 Å². The molecule has 4 aromatic rings. The van der Waals surface area contributed by atoms with Crippen LogP contribution in [0.15, 0.2) is 66.7 Å². The van der Waals surface area contributed by atoms with Crippen molar-refractivity contribution in [3.63, 3.8) is 0 Å². The van der Waals surface area contributed by atoms with Gasteiger partial charge in [-0.25, -0.2) is 9.18 Å². The van der Waals surface area contributed by atoms with Gasteiger partial charge in [-0.2, -0.15) is 44.2 Å². The average Bonchev–Trinajstić information content (AvgIpc) is 3.72. The predicted molar refractivity (Wildman–Crippen MR) is 151 cm³/mol. The van der Waals surface area contributed by atoms with Crippen LogP contribution >= 0.6 is 0 Å². The van der Waals surface area contributed by atoms with Crippen LogP contribution in [0.4, 0.5) is 54.4 Å². The first-order valence-corrected chi connectivity index (χ1v) is 14.1. The molecule has 2 heterocycles. The summed E-state index contributed by atoms with van der Waals surface area (Å²) in [5.74, 6) is -3.30. The lowest BCUT2D eigenvalue weighted by molar-refractivity contribution is -0.146. The molecule has 5 rings (SSSR count). The first-order chi connectivity index (χ1) is 22.8. The van der Waals surface area contributed by atoms with E-state index in [4.69, 9.17) is 0 Å². The van der Waals surface area contributed by atoms with Crippen LogP contribution in [0.3, 0.4) is 0 Å². The number of benzene rings is 3. The number of aromatic nitrogens is 4. The first kappa shape index (κ1) is 35.1. The van der Waals surface area contributed by atoms with Gasteiger partial charge in [0.25, 0.3) is 11.7 Å². The smallest absolute Gasteiger partial charge is 0.336 e. The van der Waals surface area contributed by atoms with Crippen LogP contribution in [0.1, 0.15) is 38.8 Å². The van der Waals surface area contributed by atoms with Crippen LogP contribution in [0.25, 0.3) is 5.69 Å². The Bertz CT molecular complexity index is 1810. The summed E-state index contributed by atoms with van der Waals surface area (Å²) in [5.41, 5.74) is -3.55. The maximum atomic E-state index is 13.8. The van der Waals surface area contributed by atoms with Gasteiger partial charge in [0.2, 0.25) is 0 Å². The van der Waals surface area contributed by atoms with E-state index in [1.807, 2.05) is 0 Å². The highest BCUT2D eigenvalue weighted by Crippen LogP contribution is 2.39. The molecule has 1 fully saturated rings. The molecule has 49 heavy (non-hydrogen) atoms. The summed E-state index contributed by atoms with van der Waals surface area (Å²) in [6, 6.07) is 8.73. The molecular weight excluding hydrogens is 680 g/mol. The Balaban J connectivity index is 1.43. The molecule has 0 N–H and O–H groups in total. The van der Waals surface area contributed by atoms with E-state index in [2.05, 4.69) is 15.5 Å². The zero-order valence-corrected chi connectivity index (χ0v) is 25.1. The number of rotatable bonds is 5. The van der Waals surface area contributed by atoms with Gasteiger partial charge in [0.1, 0.15) is 5.82 Å². The van der Waals surface area contributed by atoms with Crippen molar-refractivity contribution >= 4 is 17.6 Å². The third kappa shape index (κ3) is 7.29. The lowest BCUT2D eigenvalue weighted by Gasteiger charge is -2.33. The number of hydrogen-bond donors (Lipinski definition) is 0. The highest BCUT2D eigenvalue weighted by atomic mass is 19.4. The molecule has 1 aromatic heterocycles. The van der Waals surface area contributed by atoms with Crippen LogP contribution in [0.5, 0.6) is 0 Å². The van der Waals surface area contributed by atoms with Crippen molar-refractivity contribution in [3.05, 3.63) is 101 Å². The van der Waals surface area contributed by atoms with Gasteiger partial charge in [-0.1, -0.05) is 12.1 Å². The van der Waals surface area contributed by atoms with Crippen molar-refractivity contribution in [1.82, 2.24) is 30.0 Å². The Labute approximate surface area is 270 Å². The molecule has 9 nitrogen and oxygen atoms in total. The summed E-state index contributed by atoms with van der Waals surface area (Å²) < 4.78 is 135. The molecule has 3 aromatic carbocycles. The van der Waals surface area contributed by atoms with Gasteiger partial charge in [0.15, 0.2) is 0 Å². The summed E-state index contributed by atoms with van der Waals surface area (Å²) in [6.45, 7) is -0.245. The van der Waals surface area contributed by atoms with E-state index >= 15 is 0 Å². The number of amides is 3. The molecule has 0 saturated carbocycles. The number of urea groups is 1. The topological polar surface area (TPSA) is 87.5 Å². The molecule has 1 aliphatic heterocycles. The fourth-order valence-electron chi connectivity index (χ4n) is 5.47. The second-order valence-corrected chi connectivity index (χ2v) is 11.1. The second-order valence-electron chi connectivity index (χ2n) is 11.1. The zero-order chi connectivity index (χ0) is 36.1. The number of hydrogen-bond acceptors (Lipinski definition) is 5. The van der Waals surface area contributed by atoms with Gasteiger partial charge in [-0.15, -0.1) is 5.10 Å². The summed E-state index contributed by atoms with van der Waals surface area (Å²) in [7, 11) is 2.25. The number of nitrogens with zero attached hydrogens (tertiary/aromatic N) is 7. The number of likely N-dealkylation sites (N-methyl/N-ethyl adjacent to an activating group) is 1. The van der Waals surface area contributed by atoms with Crippen LogP contribution in [0, 0.1) is 5.82 Å². The van der Waals surface area contributed by atoms with Crippen LogP contribution in [0.2, 0.25) is 0 Å². The first-order valence-electron chi connectivity index (χ1n) is 14.1. The molecule has 260 valence electrons. The fraction of sp³-hybridized carbons (Fsp3) is 0.300. The van der Waals surface area contributed by atoms with Gasteiger partial charge < -0.3 is 9.80 Å². The Hall–Kier alpha value is -5.23. The van der Waals surface area contributed by atoms with Gasteiger partial charge in [0.05, 0.1) is 22.9 Å². The van der Waals surface area contributed by atoms with Crippen molar-refractivity contribution in [2.75, 3.05) is 32.1 Å². The minimum Gasteiger partial charge on any atom is -0.336 e. The monoisotopic (exact) mass is 703 g/mol. The highest BCUT2D eigenvalue weighted by molar-refractivity contribution is 5.95. The van der Waals surface area contributed by atoms with E-state index in [0.29, 0.717) is 27.3 Å². The third-order valence-corrected chi connectivity index (χ3v) is 8.00. The summed E-state index contributed by atoms with van der Waals surface area (Å²) in [5, 5.41) is 9.34. The molecule has 2 unspecified atom stereocenters. The number of alkyl halides is 9. The van der Waals surface area contributed by atoms with Crippen molar-refractivity contribution < 1.29 is 53.5 Å². The minimum atomic E-state index is -5.16. The summed E-state index contributed by atoms with van der Waals surface area (Å²) in [6.07, 6.45) is -15.2. The molecule has 0 radical (unpaired) electrons. The Morgan fingerprint density at radius 1 is 0.776 bits per heavy atom. The summed E-state index contributed by atoms with van der Waals surface area (Å²) >= 11 is 0. The maximum Gasteiger partial charge on any atom is 0.453 e. The normalized spacial score (nSPS) is 16.9. The molecular formula is C30H23F10N7O2. The van der Waals surface area contributed by atoms with Crippen LogP contribution in [-0.2, 0) is 18.5 Å². The number of halogens is 10. The second kappa shape index (κ2) is 12.7. The standard InChI is InChI=1S/C30H23F10N7O2/c1-44(22-12-18(28(32,33)34)11-19(13-22)29(35,36)37)27(49)45(2)24-15-46(14-23(24)16-3-7-20(31)8-4-16)25(48)17-5-9-21(10-6-17)47-26(30(38,39)40)41-42-43-47/h3-13,23-24H,14-15H2,1-2H3. The van der Waals surface area contributed by atoms with Crippen molar-refractivity contribution in [2.45, 2.75) is 30.5 Å². The van der Waals surface area contributed by atoms with Gasteiger partial charge in [-0.3, -0.25) is 9.69 Å². The number of carbonyl (C=O) groups excluding carboxylic acids is 2. The summed E-state index contributed by atoms with van der Waals surface area (Å²) in [4.78, 5) is 30.2. The number of carbonyl (C=O) groups is 2. The zero-order valence-electron chi connectivity index (χ0n) is 25.1. The van der Waals surface area contributed by atoms with E-state index < -0.39 is 70.9 Å². The Morgan fingerprint density at radius 2 is 1.35 bits per heavy atom. The number of likely N-dealkylation sites (tertiary alicyclic amines) is 1. The average molecular weight is 704 g/mol. The van der Waals surface area contributed by atoms with Gasteiger partial charge >= 0.3 is 24.6 Å². The van der Waals surface area contributed by atoms with Crippen molar-refractivity contribution in [3.8, 4) is 5.69 Å². The largest absolute Gasteiger partial charge is 0.453 e. The molecule has 19 heteroatoms. The van der Waals surface area contributed by atoms with E-state index in [1.54, 1.807) is 0 Å². The minimum absolute atomic E-state index is 0.0265. The number of anilines is 1. The molecule has 0 aliphatic carbocycles. The maximum absolute atomic E-state index is 13.8. The quantitative estimate of drug-likeness (QED) is 0.217. The highest BCUT2D eigenvalue weighted by Gasteiger charge is 2.43. The lowest BCUT2D eigenvalue weighted by Crippen LogP contribution is -2.47. The fourth-order valence-corrected chi connectivity index (χ4v) is 5.47. The van der Waals surface area contributed by atoms with Gasteiger partial charge in [0, 0.05) is 44.4 Å². The van der Waals surface area contributed by atoms with E-state index in [0.717, 1.165) is 24.1 Å². The third-order valence-electron chi connectivity index (χ3n) is 8.00. The Kier molecular flexibility index (Phi) is 9.07. The van der Waals surface area contributed by atoms with Crippen LogP contribution in [-0.4, -0.2) is 75.2 Å². The van der Waals surface area contributed by atoms with Crippen molar-refractivity contribution in [2.24, 2.45) is 0 Å². The van der Waals surface area contributed by atoms with Crippen molar-refractivity contribution in [1.29, 1.82) is 0 Å². The van der Waals surface area contributed by atoms with Gasteiger partial charge in [-0.05, 0) is 70.6 Å². The lowest BCUT2D eigenvalue weighted by atomic mass is 9.93. The van der Waals surface area contributed by atoms with E-state index in [1.165, 1.54) is 48.3 Å². The molecule has 3 amide bonds. The molecule has 0 bridgehead atoms. The van der Waals surface area contributed by atoms with Crippen LogP contribution < -0.4 is 4.90 Å². The molecule has 1 saturated heterocycles.